The molecule has 1 fully saturated rings. The smallest absolute Gasteiger partial charge is 0.221 e. The van der Waals surface area contributed by atoms with Crippen LogP contribution in [-0.4, -0.2) is 49.0 Å². The van der Waals surface area contributed by atoms with Gasteiger partial charge in [-0.25, -0.2) is 4.98 Å². The minimum absolute atomic E-state index is 0. The van der Waals surface area contributed by atoms with Crippen molar-refractivity contribution in [1.82, 2.24) is 9.88 Å². The molecule has 0 radical (unpaired) electrons. The van der Waals surface area contributed by atoms with Gasteiger partial charge < -0.3 is 15.5 Å². The maximum absolute atomic E-state index is 11.1. The summed E-state index contributed by atoms with van der Waals surface area (Å²) < 4.78 is 0. The molecule has 5 heteroatoms. The average molecular weight is 381 g/mol. The van der Waals surface area contributed by atoms with Gasteiger partial charge in [-0.1, -0.05) is 31.7 Å². The first kappa shape index (κ1) is 20.3. The number of anilines is 1. The Morgan fingerprint density at radius 3 is 2.43 bits per heavy atom. The number of aromatic nitrogens is 1. The summed E-state index contributed by atoms with van der Waals surface area (Å²) in [5.41, 5.74) is 11.7. The number of nitrogens with two attached hydrogens (primary N) is 1. The molecule has 1 aromatic heterocycles. The Bertz CT molecular complexity index is 823. The van der Waals surface area contributed by atoms with Crippen molar-refractivity contribution in [3.63, 3.8) is 0 Å². The Hall–Kier alpha value is -2.40. The van der Waals surface area contributed by atoms with Crippen LogP contribution in [0.2, 0.25) is 0 Å². The molecular weight excluding hydrogens is 348 g/mol. The lowest BCUT2D eigenvalue weighted by molar-refractivity contribution is -0.117. The maximum Gasteiger partial charge on any atom is 0.221 e. The largest absolute Gasteiger partial charge is 0.369 e. The molecule has 2 heterocycles. The van der Waals surface area contributed by atoms with Gasteiger partial charge in [-0.15, -0.1) is 0 Å². The third-order valence-corrected chi connectivity index (χ3v) is 5.75. The van der Waals surface area contributed by atoms with Crippen LogP contribution in [-0.2, 0) is 30.5 Å². The van der Waals surface area contributed by atoms with Crippen LogP contribution in [0.15, 0.2) is 30.3 Å². The van der Waals surface area contributed by atoms with Gasteiger partial charge in [-0.3, -0.25) is 4.79 Å². The molecule has 1 amide bonds. The molecule has 1 aliphatic carbocycles. The molecule has 2 aromatic rings. The van der Waals surface area contributed by atoms with Crippen molar-refractivity contribution < 1.29 is 4.79 Å². The van der Waals surface area contributed by atoms with E-state index in [9.17, 15) is 4.79 Å². The van der Waals surface area contributed by atoms with E-state index in [1.165, 1.54) is 28.8 Å². The van der Waals surface area contributed by atoms with Crippen LogP contribution in [0.5, 0.6) is 0 Å². The van der Waals surface area contributed by atoms with Crippen molar-refractivity contribution >= 4 is 11.7 Å². The van der Waals surface area contributed by atoms with E-state index in [-0.39, 0.29) is 13.3 Å². The van der Waals surface area contributed by atoms with Crippen molar-refractivity contribution in [2.45, 2.75) is 39.5 Å². The van der Waals surface area contributed by atoms with Gasteiger partial charge >= 0.3 is 0 Å². The summed E-state index contributed by atoms with van der Waals surface area (Å²) in [7, 11) is 2.18. The lowest BCUT2D eigenvalue weighted by Gasteiger charge is -2.33. The number of pyridine rings is 1. The van der Waals surface area contributed by atoms with Crippen LogP contribution in [0.4, 0.5) is 5.82 Å². The number of nitrogens with zero attached hydrogens (tertiary/aromatic N) is 3. The summed E-state index contributed by atoms with van der Waals surface area (Å²) >= 11 is 0. The average Bonchev–Trinajstić information content (AvgIpc) is 3.12. The summed E-state index contributed by atoms with van der Waals surface area (Å²) in [5.74, 6) is 0.857. The van der Waals surface area contributed by atoms with E-state index in [1.807, 2.05) is 12.1 Å². The fourth-order valence-corrected chi connectivity index (χ4v) is 4.16. The predicted molar refractivity (Wildman–Crippen MR) is 115 cm³/mol. The van der Waals surface area contributed by atoms with Crippen LogP contribution in [0.25, 0.3) is 0 Å². The van der Waals surface area contributed by atoms with E-state index in [0.717, 1.165) is 56.8 Å². The number of fused-ring (bicyclic) bond motifs is 1. The summed E-state index contributed by atoms with van der Waals surface area (Å²) in [6, 6.07) is 10.6. The van der Waals surface area contributed by atoms with Gasteiger partial charge in [0, 0.05) is 31.9 Å². The minimum atomic E-state index is -0.286. The van der Waals surface area contributed by atoms with Crippen molar-refractivity contribution in [2.24, 2.45) is 5.73 Å². The second-order valence-electron chi connectivity index (χ2n) is 7.85. The van der Waals surface area contributed by atoms with Gasteiger partial charge in [0.15, 0.2) is 0 Å². The molecule has 1 aromatic carbocycles. The third kappa shape index (κ3) is 4.53. The van der Waals surface area contributed by atoms with Crippen LogP contribution >= 0.6 is 0 Å². The number of carbonyl (C=O) groups is 1. The van der Waals surface area contributed by atoms with E-state index in [1.54, 1.807) is 0 Å². The van der Waals surface area contributed by atoms with E-state index < -0.39 is 0 Å². The first-order valence-electron chi connectivity index (χ1n) is 9.90. The molecule has 5 nitrogen and oxygen atoms in total. The maximum atomic E-state index is 11.1. The van der Waals surface area contributed by atoms with Crippen LogP contribution in [0.1, 0.15) is 41.8 Å². The number of hydrogen-bond donors (Lipinski definition) is 1. The fraction of sp³-hybridized carbons (Fsp3) is 0.478. The topological polar surface area (TPSA) is 62.5 Å². The number of aryl methyl sites for hydroxylation is 1. The normalized spacial score (nSPS) is 16.5. The van der Waals surface area contributed by atoms with Crippen LogP contribution in [0, 0.1) is 0 Å². The number of piperazine rings is 1. The quantitative estimate of drug-likeness (QED) is 0.866. The highest BCUT2D eigenvalue weighted by Crippen LogP contribution is 2.29. The van der Waals surface area contributed by atoms with Crippen LogP contribution < -0.4 is 10.6 Å². The monoisotopic (exact) mass is 380 g/mol. The zero-order chi connectivity index (χ0) is 18.8. The molecule has 1 aliphatic heterocycles. The zero-order valence-electron chi connectivity index (χ0n) is 16.1. The number of rotatable bonds is 5. The minimum Gasteiger partial charge on any atom is -0.369 e. The molecule has 0 saturated carbocycles. The molecular formula is C23H32N4O. The molecule has 0 bridgehead atoms. The number of carbonyl (C=O) groups excluding carboxylic acids is 1. The molecule has 2 N–H and O–H groups in total. The number of hydrogen-bond acceptors (Lipinski definition) is 4. The summed E-state index contributed by atoms with van der Waals surface area (Å²) in [4.78, 5) is 20.9. The molecule has 0 atom stereocenters. The first-order chi connectivity index (χ1) is 13.1. The second kappa shape index (κ2) is 8.74. The predicted octanol–water partition coefficient (Wildman–Crippen LogP) is 2.58. The van der Waals surface area contributed by atoms with E-state index in [4.69, 9.17) is 10.7 Å². The first-order valence-corrected chi connectivity index (χ1v) is 9.90. The van der Waals surface area contributed by atoms with Crippen LogP contribution in [0.3, 0.4) is 0 Å². The van der Waals surface area contributed by atoms with Gasteiger partial charge in [0.2, 0.25) is 5.91 Å². The molecule has 0 unspecified atom stereocenters. The highest BCUT2D eigenvalue weighted by atomic mass is 16.1. The highest BCUT2D eigenvalue weighted by molar-refractivity contribution is 5.76. The SMILES string of the molecule is C.CN1CCN(c2cc(Cc3ccc(CC(N)=O)cc3)c3c(n2)CCC3)CC1. The zero-order valence-corrected chi connectivity index (χ0v) is 16.1. The standard InChI is InChI=1S/C22H28N4O.CH4/c1-25-9-11-26(12-10-25)22-15-18(19-3-2-4-20(19)24-22)13-16-5-7-17(8-6-16)14-21(23)27;/h5-8,15H,2-4,9-14H2,1H3,(H2,23,27);1H4. The Morgan fingerprint density at radius 1 is 1.07 bits per heavy atom. The highest BCUT2D eigenvalue weighted by Gasteiger charge is 2.22. The fourth-order valence-electron chi connectivity index (χ4n) is 4.16. The Balaban J connectivity index is 0.00000225. The Morgan fingerprint density at radius 2 is 1.75 bits per heavy atom. The molecule has 2 aliphatic rings. The summed E-state index contributed by atoms with van der Waals surface area (Å²) in [5, 5.41) is 0. The van der Waals surface area contributed by atoms with Crippen molar-refractivity contribution in [3.8, 4) is 0 Å². The van der Waals surface area contributed by atoms with Gasteiger partial charge in [0.1, 0.15) is 5.82 Å². The number of primary amides is 1. The van der Waals surface area contributed by atoms with Gasteiger partial charge in [0.25, 0.3) is 0 Å². The van der Waals surface area contributed by atoms with E-state index >= 15 is 0 Å². The Kier molecular flexibility index (Phi) is 6.35. The van der Waals surface area contributed by atoms with Crippen molar-refractivity contribution in [2.75, 3.05) is 38.1 Å². The second-order valence-corrected chi connectivity index (χ2v) is 7.85. The summed E-state index contributed by atoms with van der Waals surface area (Å²) in [6.07, 6.45) is 4.67. The van der Waals surface area contributed by atoms with Gasteiger partial charge in [-0.05, 0) is 61.1 Å². The number of likely N-dealkylation sites (N-methyl/N-ethyl adjacent to an activating group) is 1. The lowest BCUT2D eigenvalue weighted by Crippen LogP contribution is -2.44. The van der Waals surface area contributed by atoms with E-state index in [2.05, 4.69) is 35.0 Å². The van der Waals surface area contributed by atoms with Crippen molar-refractivity contribution in [1.29, 1.82) is 0 Å². The summed E-state index contributed by atoms with van der Waals surface area (Å²) in [6.45, 7) is 4.28. The molecule has 28 heavy (non-hydrogen) atoms. The third-order valence-electron chi connectivity index (χ3n) is 5.75. The number of benzene rings is 1. The van der Waals surface area contributed by atoms with Gasteiger partial charge in [-0.2, -0.15) is 0 Å². The molecule has 4 rings (SSSR count). The molecule has 1 saturated heterocycles. The molecule has 0 spiro atoms. The lowest BCUT2D eigenvalue weighted by atomic mass is 9.98. The Labute approximate surface area is 168 Å². The van der Waals surface area contributed by atoms with E-state index in [0.29, 0.717) is 6.42 Å². The van der Waals surface area contributed by atoms with Gasteiger partial charge in [0.05, 0.1) is 6.42 Å². The van der Waals surface area contributed by atoms with Crippen molar-refractivity contribution in [3.05, 3.63) is 58.3 Å². The number of amides is 1. The molecule has 150 valence electrons.